The second-order valence-electron chi connectivity index (χ2n) is 3.44. The van der Waals surface area contributed by atoms with E-state index in [4.69, 9.17) is 5.11 Å². The summed E-state index contributed by atoms with van der Waals surface area (Å²) in [5.41, 5.74) is -0.0631. The highest BCUT2D eigenvalue weighted by atomic mass is 16.6. The van der Waals surface area contributed by atoms with Gasteiger partial charge in [0.2, 0.25) is 0 Å². The molecule has 0 bridgehead atoms. The molecule has 0 aromatic carbocycles. The average Bonchev–Trinajstić information content (AvgIpc) is 2.52. The number of hydrogen-bond donors (Lipinski definition) is 2. The molecule has 1 aromatic rings. The second-order valence-corrected chi connectivity index (χ2v) is 3.44. The van der Waals surface area contributed by atoms with E-state index in [-0.39, 0.29) is 12.4 Å². The van der Waals surface area contributed by atoms with Crippen LogP contribution < -0.4 is 0 Å². The van der Waals surface area contributed by atoms with E-state index in [1.807, 2.05) is 0 Å². The van der Waals surface area contributed by atoms with E-state index in [1.165, 1.54) is 6.07 Å². The molecule has 6 heteroatoms. The molecule has 2 N–H and O–H groups in total. The fourth-order valence-electron chi connectivity index (χ4n) is 0.833. The van der Waals surface area contributed by atoms with Crippen molar-refractivity contribution in [3.63, 3.8) is 0 Å². The Bertz CT molecular complexity index is 319. The number of aliphatic hydroxyl groups is 1. The zero-order valence-corrected chi connectivity index (χ0v) is 7.44. The van der Waals surface area contributed by atoms with Gasteiger partial charge in [-0.3, -0.25) is 0 Å². The van der Waals surface area contributed by atoms with Crippen molar-refractivity contribution in [3.8, 4) is 0 Å². The van der Waals surface area contributed by atoms with E-state index in [0.29, 0.717) is 5.69 Å². The van der Waals surface area contributed by atoms with Crippen LogP contribution in [0.1, 0.15) is 19.5 Å². The zero-order chi connectivity index (χ0) is 10.1. The summed E-state index contributed by atoms with van der Waals surface area (Å²) in [6.45, 7) is 3.41. The Morgan fingerprint density at radius 3 is 2.77 bits per heavy atom. The highest BCUT2D eigenvalue weighted by Crippen LogP contribution is 2.22. The third-order valence-corrected chi connectivity index (χ3v) is 1.85. The Kier molecular flexibility index (Phi) is 2.33. The van der Waals surface area contributed by atoms with Crippen molar-refractivity contribution in [2.24, 2.45) is 0 Å². The average molecular weight is 185 g/mol. The lowest BCUT2D eigenvalue weighted by Crippen LogP contribution is -2.22. The lowest BCUT2D eigenvalue weighted by Gasteiger charge is -2.16. The van der Waals surface area contributed by atoms with E-state index >= 15 is 0 Å². The first-order valence-corrected chi connectivity index (χ1v) is 3.78. The summed E-state index contributed by atoms with van der Waals surface area (Å²) in [5.74, 6) is -0.156. The molecule has 1 aromatic heterocycles. The van der Waals surface area contributed by atoms with E-state index in [9.17, 15) is 10.1 Å². The van der Waals surface area contributed by atoms with Crippen LogP contribution in [-0.4, -0.2) is 26.8 Å². The van der Waals surface area contributed by atoms with Gasteiger partial charge in [-0.1, -0.05) is 18.9 Å². The maximum Gasteiger partial charge on any atom is 0.342 e. The molecule has 1 rings (SSSR count). The summed E-state index contributed by atoms with van der Waals surface area (Å²) >= 11 is 0. The molecule has 0 saturated heterocycles. The molecule has 0 radical (unpaired) electrons. The molecule has 6 nitrogen and oxygen atoms in total. The van der Waals surface area contributed by atoms with E-state index < -0.39 is 10.3 Å². The van der Waals surface area contributed by atoms with Crippen molar-refractivity contribution in [3.05, 3.63) is 21.9 Å². The van der Waals surface area contributed by atoms with E-state index in [0.717, 1.165) is 0 Å². The Morgan fingerprint density at radius 2 is 2.38 bits per heavy atom. The molecule has 0 aliphatic heterocycles. The zero-order valence-electron chi connectivity index (χ0n) is 7.44. The lowest BCUT2D eigenvalue weighted by atomic mass is 9.91. The van der Waals surface area contributed by atoms with Gasteiger partial charge < -0.3 is 15.2 Å². The molecular formula is C7H11N3O3. The lowest BCUT2D eigenvalue weighted by molar-refractivity contribution is -0.389. The predicted molar refractivity (Wildman–Crippen MR) is 45.4 cm³/mol. The van der Waals surface area contributed by atoms with Gasteiger partial charge >= 0.3 is 5.82 Å². The Morgan fingerprint density at radius 1 is 1.77 bits per heavy atom. The first-order valence-electron chi connectivity index (χ1n) is 3.78. The third-order valence-electron chi connectivity index (χ3n) is 1.85. The van der Waals surface area contributed by atoms with Crippen molar-refractivity contribution in [1.82, 2.24) is 10.2 Å². The summed E-state index contributed by atoms with van der Waals surface area (Å²) in [7, 11) is 0. The largest absolute Gasteiger partial charge is 0.395 e. The van der Waals surface area contributed by atoms with Crippen LogP contribution in [0.2, 0.25) is 0 Å². The number of hydrogen-bond acceptors (Lipinski definition) is 4. The molecule has 0 spiro atoms. The van der Waals surface area contributed by atoms with Gasteiger partial charge in [0.05, 0.1) is 18.4 Å². The minimum absolute atomic E-state index is 0.102. The first-order chi connectivity index (χ1) is 5.97. The summed E-state index contributed by atoms with van der Waals surface area (Å²) < 4.78 is 0. The number of H-pyrrole nitrogens is 1. The summed E-state index contributed by atoms with van der Waals surface area (Å²) in [5, 5.41) is 25.3. The monoisotopic (exact) mass is 185 g/mol. The number of nitrogens with one attached hydrogen (secondary N) is 1. The number of nitro groups is 1. The van der Waals surface area contributed by atoms with Crippen molar-refractivity contribution in [2.45, 2.75) is 19.3 Å². The molecule has 0 fully saturated rings. The van der Waals surface area contributed by atoms with Crippen LogP contribution in [0, 0.1) is 10.1 Å². The van der Waals surface area contributed by atoms with Crippen molar-refractivity contribution >= 4 is 5.82 Å². The summed E-state index contributed by atoms with van der Waals surface area (Å²) in [6.07, 6.45) is 0. The highest BCUT2D eigenvalue weighted by molar-refractivity contribution is 5.25. The molecule has 0 aliphatic rings. The van der Waals surface area contributed by atoms with Crippen LogP contribution in [-0.2, 0) is 5.41 Å². The molecule has 0 saturated carbocycles. The molecule has 72 valence electrons. The normalized spacial score (nSPS) is 11.6. The van der Waals surface area contributed by atoms with Crippen molar-refractivity contribution < 1.29 is 10.0 Å². The van der Waals surface area contributed by atoms with Gasteiger partial charge in [-0.2, -0.15) is 0 Å². The second kappa shape index (κ2) is 3.14. The van der Waals surface area contributed by atoms with E-state index in [1.54, 1.807) is 13.8 Å². The highest BCUT2D eigenvalue weighted by Gasteiger charge is 2.25. The first kappa shape index (κ1) is 9.66. The van der Waals surface area contributed by atoms with Crippen LogP contribution in [0.25, 0.3) is 0 Å². The van der Waals surface area contributed by atoms with Gasteiger partial charge in [-0.15, -0.1) is 5.10 Å². The number of aromatic nitrogens is 2. The Hall–Kier alpha value is -1.43. The number of aromatic amines is 1. The molecule has 0 unspecified atom stereocenters. The smallest absolute Gasteiger partial charge is 0.342 e. The number of nitrogens with zero attached hydrogens (tertiary/aromatic N) is 2. The summed E-state index contributed by atoms with van der Waals surface area (Å²) in [4.78, 5) is 9.75. The minimum Gasteiger partial charge on any atom is -0.395 e. The van der Waals surface area contributed by atoms with Crippen LogP contribution in [0.4, 0.5) is 5.82 Å². The molecule has 13 heavy (non-hydrogen) atoms. The fraction of sp³-hybridized carbons (Fsp3) is 0.571. The molecule has 0 atom stereocenters. The van der Waals surface area contributed by atoms with Gasteiger partial charge in [0.25, 0.3) is 0 Å². The van der Waals surface area contributed by atoms with Crippen LogP contribution in [0.5, 0.6) is 0 Å². The van der Waals surface area contributed by atoms with Gasteiger partial charge in [-0.05, 0) is 4.92 Å². The topological polar surface area (TPSA) is 92.0 Å². The maximum atomic E-state index is 10.3. The van der Waals surface area contributed by atoms with Crippen LogP contribution in [0.3, 0.4) is 0 Å². The predicted octanol–water partition coefficient (Wildman–Crippen LogP) is 0.588. The van der Waals surface area contributed by atoms with E-state index in [2.05, 4.69) is 10.2 Å². The standard InChI is InChI=1S/C7H11N3O3/c1-7(2,4-11)5-3-6(9-8-5)10(12)13/h3,11H,4H2,1-2H3,(H,8,9). The third kappa shape index (κ3) is 1.83. The van der Waals surface area contributed by atoms with Crippen molar-refractivity contribution in [1.29, 1.82) is 0 Å². The van der Waals surface area contributed by atoms with Crippen LogP contribution >= 0.6 is 0 Å². The number of rotatable bonds is 3. The summed E-state index contributed by atoms with van der Waals surface area (Å²) in [6, 6.07) is 1.33. The van der Waals surface area contributed by atoms with Gasteiger partial charge in [-0.25, -0.2) is 0 Å². The number of aliphatic hydroxyl groups excluding tert-OH is 1. The molecule has 0 aliphatic carbocycles. The fourth-order valence-corrected chi connectivity index (χ4v) is 0.833. The maximum absolute atomic E-state index is 10.3. The quantitative estimate of drug-likeness (QED) is 0.532. The Labute approximate surface area is 74.7 Å². The van der Waals surface area contributed by atoms with Gasteiger partial charge in [0.15, 0.2) is 0 Å². The molecule has 0 amide bonds. The SMILES string of the molecule is CC(C)(CO)c1cc([N+](=O)[O-])[nH]n1. The van der Waals surface area contributed by atoms with Gasteiger partial charge in [0, 0.05) is 5.41 Å². The van der Waals surface area contributed by atoms with Gasteiger partial charge in [0.1, 0.15) is 0 Å². The molecule has 1 heterocycles. The minimum atomic E-state index is -0.552. The molecular weight excluding hydrogens is 174 g/mol. The van der Waals surface area contributed by atoms with Crippen molar-refractivity contribution in [2.75, 3.05) is 6.61 Å². The Balaban J connectivity index is 2.98. The van der Waals surface area contributed by atoms with Crippen LogP contribution in [0.15, 0.2) is 6.07 Å².